The van der Waals surface area contributed by atoms with E-state index in [0.29, 0.717) is 5.78 Å². The highest BCUT2D eigenvalue weighted by atomic mass is 16.1. The summed E-state index contributed by atoms with van der Waals surface area (Å²) in [6, 6.07) is 0. The summed E-state index contributed by atoms with van der Waals surface area (Å²) in [6.07, 6.45) is 1.03. The molecule has 1 saturated carbocycles. The van der Waals surface area contributed by atoms with Gasteiger partial charge in [0.25, 0.3) is 0 Å². The summed E-state index contributed by atoms with van der Waals surface area (Å²) >= 11 is 0. The highest BCUT2D eigenvalue weighted by Crippen LogP contribution is 2.49. The van der Waals surface area contributed by atoms with E-state index in [1.807, 2.05) is 0 Å². The van der Waals surface area contributed by atoms with Crippen LogP contribution < -0.4 is 0 Å². The second kappa shape index (κ2) is 2.09. The average Bonchev–Trinajstić information content (AvgIpc) is 1.91. The van der Waals surface area contributed by atoms with Crippen LogP contribution in [-0.4, -0.2) is 5.78 Å². The van der Waals surface area contributed by atoms with Crippen LogP contribution in [-0.2, 0) is 4.79 Å². The fourth-order valence-electron chi connectivity index (χ4n) is 2.32. The van der Waals surface area contributed by atoms with E-state index in [0.717, 1.165) is 6.42 Å². The summed E-state index contributed by atoms with van der Waals surface area (Å²) in [5.41, 5.74) is 0.128. The van der Waals surface area contributed by atoms with Gasteiger partial charge in [-0.25, -0.2) is 0 Å². The Morgan fingerprint density at radius 2 is 1.73 bits per heavy atom. The molecule has 1 rings (SSSR count). The van der Waals surface area contributed by atoms with Gasteiger partial charge < -0.3 is 0 Å². The van der Waals surface area contributed by atoms with E-state index in [1.165, 1.54) is 0 Å². The van der Waals surface area contributed by atoms with E-state index in [1.54, 1.807) is 0 Å². The zero-order chi connectivity index (χ0) is 8.86. The lowest BCUT2D eigenvalue weighted by atomic mass is 9.82. The maximum absolute atomic E-state index is 11.6. The molecule has 11 heavy (non-hydrogen) atoms. The molecule has 0 aromatic carbocycles. The second-order valence-electron chi connectivity index (χ2n) is 5.14. The number of carbonyl (C=O) groups is 1. The van der Waals surface area contributed by atoms with Gasteiger partial charge in [-0.2, -0.15) is 0 Å². The topological polar surface area (TPSA) is 17.1 Å². The van der Waals surface area contributed by atoms with Crippen molar-refractivity contribution in [1.82, 2.24) is 0 Å². The standard InChI is InChI=1S/C10H18O/c1-7-8(11)10(4,5)6-9(7,2)3/h7H,6H2,1-5H3. The molecule has 0 aromatic rings. The number of hydrogen-bond acceptors (Lipinski definition) is 1. The fraction of sp³-hybridized carbons (Fsp3) is 0.900. The average molecular weight is 154 g/mol. The predicted molar refractivity (Wildman–Crippen MR) is 46.4 cm³/mol. The van der Waals surface area contributed by atoms with Gasteiger partial charge in [0, 0.05) is 11.3 Å². The van der Waals surface area contributed by atoms with Crippen molar-refractivity contribution in [3.63, 3.8) is 0 Å². The number of carbonyl (C=O) groups excluding carboxylic acids is 1. The Kier molecular flexibility index (Phi) is 1.66. The van der Waals surface area contributed by atoms with Crippen LogP contribution in [0.25, 0.3) is 0 Å². The Labute approximate surface area is 69.2 Å². The number of ketones is 1. The summed E-state index contributed by atoms with van der Waals surface area (Å²) in [6.45, 7) is 10.5. The highest BCUT2D eigenvalue weighted by molar-refractivity contribution is 5.89. The van der Waals surface area contributed by atoms with Crippen molar-refractivity contribution >= 4 is 5.78 Å². The molecule has 0 amide bonds. The van der Waals surface area contributed by atoms with E-state index < -0.39 is 0 Å². The van der Waals surface area contributed by atoms with Crippen LogP contribution in [0, 0.1) is 16.7 Å². The van der Waals surface area contributed by atoms with Gasteiger partial charge in [0.15, 0.2) is 0 Å². The van der Waals surface area contributed by atoms with Crippen molar-refractivity contribution in [2.24, 2.45) is 16.7 Å². The van der Waals surface area contributed by atoms with Gasteiger partial charge in [-0.3, -0.25) is 4.79 Å². The van der Waals surface area contributed by atoms with Gasteiger partial charge in [0.2, 0.25) is 0 Å². The van der Waals surface area contributed by atoms with E-state index in [2.05, 4.69) is 34.6 Å². The van der Waals surface area contributed by atoms with Crippen LogP contribution in [0.3, 0.4) is 0 Å². The number of Topliss-reactive ketones (excluding diaryl/α,β-unsaturated/α-hetero) is 1. The van der Waals surface area contributed by atoms with Crippen molar-refractivity contribution in [3.8, 4) is 0 Å². The second-order valence-corrected chi connectivity index (χ2v) is 5.14. The summed E-state index contributed by atoms with van der Waals surface area (Å²) < 4.78 is 0. The van der Waals surface area contributed by atoms with E-state index in [9.17, 15) is 4.79 Å². The smallest absolute Gasteiger partial charge is 0.141 e. The van der Waals surface area contributed by atoms with Gasteiger partial charge in [-0.05, 0) is 11.8 Å². The molecular formula is C10H18O. The molecular weight excluding hydrogens is 136 g/mol. The summed E-state index contributed by atoms with van der Waals surface area (Å²) in [5.74, 6) is 0.667. The lowest BCUT2D eigenvalue weighted by Crippen LogP contribution is -2.21. The lowest BCUT2D eigenvalue weighted by molar-refractivity contribution is -0.127. The van der Waals surface area contributed by atoms with Crippen molar-refractivity contribution in [2.45, 2.75) is 41.0 Å². The normalized spacial score (nSPS) is 34.3. The first-order valence-electron chi connectivity index (χ1n) is 4.32. The molecule has 1 aliphatic rings. The molecule has 64 valence electrons. The molecule has 1 aliphatic carbocycles. The molecule has 1 atom stereocenters. The molecule has 0 aromatic heterocycles. The minimum atomic E-state index is -0.0804. The molecule has 0 heterocycles. The minimum absolute atomic E-state index is 0.0804. The van der Waals surface area contributed by atoms with Crippen molar-refractivity contribution < 1.29 is 4.79 Å². The molecule has 1 fully saturated rings. The van der Waals surface area contributed by atoms with Gasteiger partial charge in [0.1, 0.15) is 5.78 Å². The largest absolute Gasteiger partial charge is 0.299 e. The number of hydrogen-bond donors (Lipinski definition) is 0. The van der Waals surface area contributed by atoms with Crippen LogP contribution in [0.15, 0.2) is 0 Å². The molecule has 0 radical (unpaired) electrons. The zero-order valence-electron chi connectivity index (χ0n) is 8.19. The van der Waals surface area contributed by atoms with Crippen molar-refractivity contribution in [2.75, 3.05) is 0 Å². The van der Waals surface area contributed by atoms with Gasteiger partial charge in [0.05, 0.1) is 0 Å². The summed E-state index contributed by atoms with van der Waals surface area (Å²) in [5, 5.41) is 0. The number of rotatable bonds is 0. The molecule has 0 spiro atoms. The van der Waals surface area contributed by atoms with Crippen LogP contribution in [0.4, 0.5) is 0 Å². The molecule has 0 bridgehead atoms. The Balaban J connectivity index is 2.96. The third-order valence-electron chi connectivity index (χ3n) is 3.13. The Bertz CT molecular complexity index is 189. The minimum Gasteiger partial charge on any atom is -0.299 e. The third-order valence-corrected chi connectivity index (χ3v) is 3.13. The Morgan fingerprint density at radius 1 is 1.27 bits per heavy atom. The predicted octanol–water partition coefficient (Wildman–Crippen LogP) is 2.65. The monoisotopic (exact) mass is 154 g/mol. The first kappa shape index (κ1) is 8.76. The third kappa shape index (κ3) is 1.21. The molecule has 0 aliphatic heterocycles. The van der Waals surface area contributed by atoms with E-state index >= 15 is 0 Å². The molecule has 1 unspecified atom stereocenters. The van der Waals surface area contributed by atoms with Crippen LogP contribution >= 0.6 is 0 Å². The van der Waals surface area contributed by atoms with Gasteiger partial charge >= 0.3 is 0 Å². The highest BCUT2D eigenvalue weighted by Gasteiger charge is 2.49. The lowest BCUT2D eigenvalue weighted by Gasteiger charge is -2.22. The molecule has 1 nitrogen and oxygen atoms in total. The SMILES string of the molecule is CC1C(=O)C(C)(C)CC1(C)C. The first-order valence-corrected chi connectivity index (χ1v) is 4.32. The van der Waals surface area contributed by atoms with Gasteiger partial charge in [-0.1, -0.05) is 34.6 Å². The maximum atomic E-state index is 11.6. The van der Waals surface area contributed by atoms with Crippen LogP contribution in [0.1, 0.15) is 41.0 Å². The molecule has 0 N–H and O–H groups in total. The van der Waals surface area contributed by atoms with E-state index in [-0.39, 0.29) is 16.7 Å². The Morgan fingerprint density at radius 3 is 1.82 bits per heavy atom. The quantitative estimate of drug-likeness (QED) is 0.524. The van der Waals surface area contributed by atoms with Crippen LogP contribution in [0.5, 0.6) is 0 Å². The van der Waals surface area contributed by atoms with Crippen molar-refractivity contribution in [1.29, 1.82) is 0 Å². The summed E-state index contributed by atoms with van der Waals surface area (Å²) in [7, 11) is 0. The molecule has 1 heteroatoms. The first-order chi connectivity index (χ1) is 4.77. The fourth-order valence-corrected chi connectivity index (χ4v) is 2.32. The van der Waals surface area contributed by atoms with Crippen LogP contribution in [0.2, 0.25) is 0 Å². The Hall–Kier alpha value is -0.330. The maximum Gasteiger partial charge on any atom is 0.141 e. The van der Waals surface area contributed by atoms with Crippen molar-refractivity contribution in [3.05, 3.63) is 0 Å². The summed E-state index contributed by atoms with van der Waals surface area (Å²) in [4.78, 5) is 11.6. The molecule has 0 saturated heterocycles. The van der Waals surface area contributed by atoms with Gasteiger partial charge in [-0.15, -0.1) is 0 Å². The van der Waals surface area contributed by atoms with E-state index in [4.69, 9.17) is 0 Å². The zero-order valence-corrected chi connectivity index (χ0v) is 8.19.